The van der Waals surface area contributed by atoms with Crippen LogP contribution in [0.25, 0.3) is 12.2 Å². The quantitative estimate of drug-likeness (QED) is 0.257. The lowest BCUT2D eigenvalue weighted by atomic mass is 10.0. The molecule has 0 saturated heterocycles. The third-order valence-corrected chi connectivity index (χ3v) is 5.43. The molecule has 232 valence electrons. The van der Waals surface area contributed by atoms with Crippen LogP contribution in [0.1, 0.15) is 50.1 Å². The van der Waals surface area contributed by atoms with Crippen molar-refractivity contribution in [3.05, 3.63) is 72.1 Å². The molecule has 0 aliphatic carbocycles. The predicted octanol–water partition coefficient (Wildman–Crippen LogP) is 4.95. The van der Waals surface area contributed by atoms with E-state index in [0.29, 0.717) is 16.3 Å². The summed E-state index contributed by atoms with van der Waals surface area (Å²) in [7, 11) is 0. The summed E-state index contributed by atoms with van der Waals surface area (Å²) in [5.41, 5.74) is 1.87. The third-order valence-electron chi connectivity index (χ3n) is 5.43. The van der Waals surface area contributed by atoms with Gasteiger partial charge in [-0.1, -0.05) is 31.4 Å². The van der Waals surface area contributed by atoms with E-state index in [0.717, 1.165) is 12.1 Å². The molecular formula is C29H34F3N5O6. The summed E-state index contributed by atoms with van der Waals surface area (Å²) in [5, 5.41) is 5.58. The number of pyridine rings is 1. The van der Waals surface area contributed by atoms with Crippen molar-refractivity contribution in [2.24, 2.45) is 0 Å². The molecule has 1 aromatic heterocycles. The summed E-state index contributed by atoms with van der Waals surface area (Å²) < 4.78 is 49.2. The summed E-state index contributed by atoms with van der Waals surface area (Å²) in [6, 6.07) is 3.08. The normalized spacial score (nSPS) is 11.9. The largest absolute Gasteiger partial charge is 0.465 e. The zero-order chi connectivity index (χ0) is 32.4. The number of hydrogen-bond acceptors (Lipinski definition) is 7. The van der Waals surface area contributed by atoms with E-state index in [1.54, 1.807) is 33.8 Å². The number of amides is 4. The maximum atomic E-state index is 13.4. The van der Waals surface area contributed by atoms with Gasteiger partial charge in [0, 0.05) is 12.0 Å². The number of esters is 1. The number of rotatable bonds is 10. The van der Waals surface area contributed by atoms with Gasteiger partial charge in [0.15, 0.2) is 0 Å². The number of aromatic nitrogens is 1. The molecule has 0 saturated carbocycles. The zero-order valence-corrected chi connectivity index (χ0v) is 24.2. The molecule has 0 bridgehead atoms. The molecule has 2 aromatic rings. The van der Waals surface area contributed by atoms with E-state index in [4.69, 9.17) is 9.47 Å². The monoisotopic (exact) mass is 605 g/mol. The number of nitrogens with one attached hydrogen (secondary N) is 3. The van der Waals surface area contributed by atoms with Gasteiger partial charge in [0.2, 0.25) is 5.91 Å². The highest BCUT2D eigenvalue weighted by atomic mass is 19.4. The number of benzene rings is 1. The Kier molecular flexibility index (Phi) is 11.8. The lowest BCUT2D eigenvalue weighted by molar-refractivity contribution is -0.144. The number of urea groups is 1. The van der Waals surface area contributed by atoms with Crippen molar-refractivity contribution >= 4 is 41.8 Å². The molecule has 4 amide bonds. The van der Waals surface area contributed by atoms with E-state index in [9.17, 15) is 32.3 Å². The number of carbonyl (C=O) groups excluding carboxylic acids is 4. The van der Waals surface area contributed by atoms with Crippen LogP contribution in [0.2, 0.25) is 0 Å². The Hall–Kier alpha value is -4.88. The fraction of sp³-hybridized carbons (Fsp3) is 0.345. The minimum Gasteiger partial charge on any atom is -0.465 e. The predicted molar refractivity (Wildman–Crippen MR) is 153 cm³/mol. The van der Waals surface area contributed by atoms with Gasteiger partial charge in [0.05, 0.1) is 29.7 Å². The Bertz CT molecular complexity index is 1340. The van der Waals surface area contributed by atoms with E-state index in [1.807, 2.05) is 0 Å². The first kappa shape index (κ1) is 34.3. The number of hydrogen-bond donors (Lipinski definition) is 3. The first-order chi connectivity index (χ1) is 20.1. The van der Waals surface area contributed by atoms with Gasteiger partial charge in [0.25, 0.3) is 0 Å². The second kappa shape index (κ2) is 14.8. The Morgan fingerprint density at radius 3 is 2.26 bits per heavy atom. The Morgan fingerprint density at radius 2 is 1.72 bits per heavy atom. The number of alkyl halides is 3. The van der Waals surface area contributed by atoms with Gasteiger partial charge in [0.1, 0.15) is 18.2 Å². The number of hydrazine groups is 1. The molecule has 0 radical (unpaired) electrons. The zero-order valence-electron chi connectivity index (χ0n) is 24.2. The van der Waals surface area contributed by atoms with Crippen LogP contribution < -0.4 is 16.1 Å². The van der Waals surface area contributed by atoms with Crippen molar-refractivity contribution in [1.29, 1.82) is 0 Å². The second-order valence-corrected chi connectivity index (χ2v) is 10.0. The fourth-order valence-corrected chi connectivity index (χ4v) is 3.53. The minimum atomic E-state index is -4.57. The Labute approximate surface area is 247 Å². The van der Waals surface area contributed by atoms with Gasteiger partial charge in [-0.05, 0) is 57.5 Å². The highest BCUT2D eigenvalue weighted by Crippen LogP contribution is 2.29. The van der Waals surface area contributed by atoms with E-state index < -0.39 is 53.9 Å². The molecule has 0 aliphatic rings. The standard InChI is InChI=1S/C29H34F3N5O6/c1-7-19-15-21(16-33-22(19)8-2)34-25(39)23(14-18-10-12-20(13-11-18)29(30,31)32)35-26(40)37(17-24(38)42-9-3)36-27(41)43-28(4,5)6/h7-8,10-13,15-16,23H,1-2,9,14,17H2,3-6H3,(H,34,39)(H,35,40)(H,36,41). The summed E-state index contributed by atoms with van der Waals surface area (Å²) in [6.07, 6.45) is -1.57. The molecule has 0 fully saturated rings. The number of ether oxygens (including phenoxy) is 2. The maximum absolute atomic E-state index is 13.4. The van der Waals surface area contributed by atoms with Crippen molar-refractivity contribution in [1.82, 2.24) is 20.7 Å². The first-order valence-electron chi connectivity index (χ1n) is 13.0. The fourth-order valence-electron chi connectivity index (χ4n) is 3.53. The SMILES string of the molecule is C=Cc1cc(NC(=O)C(Cc2ccc(C(F)(F)F)cc2)NC(=O)N(CC(=O)OCC)NC(=O)OC(C)(C)C)cnc1C=C. The van der Waals surface area contributed by atoms with Crippen LogP contribution in [-0.2, 0) is 31.7 Å². The van der Waals surface area contributed by atoms with Crippen molar-refractivity contribution in [3.63, 3.8) is 0 Å². The highest BCUT2D eigenvalue weighted by molar-refractivity contribution is 5.97. The van der Waals surface area contributed by atoms with Crippen LogP contribution >= 0.6 is 0 Å². The van der Waals surface area contributed by atoms with Gasteiger partial charge in [-0.15, -0.1) is 0 Å². The first-order valence-corrected chi connectivity index (χ1v) is 13.0. The van der Waals surface area contributed by atoms with Crippen LogP contribution in [-0.4, -0.2) is 58.8 Å². The van der Waals surface area contributed by atoms with Crippen molar-refractivity contribution < 1.29 is 41.8 Å². The smallest absolute Gasteiger partial charge is 0.426 e. The summed E-state index contributed by atoms with van der Waals surface area (Å²) in [6.45, 7) is 12.9. The van der Waals surface area contributed by atoms with E-state index in [1.165, 1.54) is 30.5 Å². The summed E-state index contributed by atoms with van der Waals surface area (Å²) in [5.74, 6) is -1.65. The molecule has 1 aromatic carbocycles. The topological polar surface area (TPSA) is 139 Å². The van der Waals surface area contributed by atoms with Crippen molar-refractivity contribution in [2.75, 3.05) is 18.5 Å². The molecule has 0 aliphatic heterocycles. The highest BCUT2D eigenvalue weighted by Gasteiger charge is 2.31. The maximum Gasteiger partial charge on any atom is 0.426 e. The van der Waals surface area contributed by atoms with Crippen LogP contribution in [0, 0.1) is 0 Å². The molecule has 1 atom stereocenters. The van der Waals surface area contributed by atoms with Gasteiger partial charge in [-0.25, -0.2) is 20.0 Å². The van der Waals surface area contributed by atoms with E-state index in [-0.39, 0.29) is 24.3 Å². The van der Waals surface area contributed by atoms with E-state index in [2.05, 4.69) is 34.2 Å². The average molecular weight is 606 g/mol. The molecule has 1 unspecified atom stereocenters. The lowest BCUT2D eigenvalue weighted by Crippen LogP contribution is -2.57. The van der Waals surface area contributed by atoms with Gasteiger partial charge in [-0.2, -0.15) is 13.2 Å². The van der Waals surface area contributed by atoms with Crippen LogP contribution in [0.3, 0.4) is 0 Å². The number of carbonyl (C=O) groups is 4. The average Bonchev–Trinajstić information content (AvgIpc) is 2.91. The molecule has 0 spiro atoms. The number of anilines is 1. The van der Waals surface area contributed by atoms with Crippen molar-refractivity contribution in [3.8, 4) is 0 Å². The molecule has 14 heteroatoms. The molecule has 1 heterocycles. The van der Waals surface area contributed by atoms with Crippen LogP contribution in [0.4, 0.5) is 28.4 Å². The minimum absolute atomic E-state index is 0.00887. The van der Waals surface area contributed by atoms with Crippen molar-refractivity contribution in [2.45, 2.75) is 51.9 Å². The molecular weight excluding hydrogens is 571 g/mol. The van der Waals surface area contributed by atoms with E-state index >= 15 is 0 Å². The van der Waals surface area contributed by atoms with Crippen LogP contribution in [0.5, 0.6) is 0 Å². The third kappa shape index (κ3) is 11.1. The van der Waals surface area contributed by atoms with Gasteiger partial charge >= 0.3 is 24.3 Å². The number of nitrogens with zero attached hydrogens (tertiary/aromatic N) is 2. The molecule has 3 N–H and O–H groups in total. The summed E-state index contributed by atoms with van der Waals surface area (Å²) in [4.78, 5) is 55.4. The van der Waals surface area contributed by atoms with Gasteiger partial charge < -0.3 is 20.1 Å². The second-order valence-electron chi connectivity index (χ2n) is 10.0. The number of halogens is 3. The molecule has 43 heavy (non-hydrogen) atoms. The molecule has 2 rings (SSSR count). The lowest BCUT2D eigenvalue weighted by Gasteiger charge is -2.27. The van der Waals surface area contributed by atoms with Crippen LogP contribution in [0.15, 0.2) is 49.7 Å². The Balaban J connectivity index is 2.38. The Morgan fingerprint density at radius 1 is 1.07 bits per heavy atom. The summed E-state index contributed by atoms with van der Waals surface area (Å²) >= 11 is 0. The van der Waals surface area contributed by atoms with Gasteiger partial charge in [-0.3, -0.25) is 14.6 Å². The molecule has 11 nitrogen and oxygen atoms in total.